The van der Waals surface area contributed by atoms with Crippen LogP contribution in [0.3, 0.4) is 0 Å². The SMILES string of the molecule is COc1cc(CN[C@H]2CC(=O)N(Cc3cccc(F)c3)C2)cc2c1OCO2. The Hall–Kier alpha value is -2.80. The maximum atomic E-state index is 13.3. The van der Waals surface area contributed by atoms with Crippen LogP contribution in [0.15, 0.2) is 36.4 Å². The molecule has 0 aromatic heterocycles. The quantitative estimate of drug-likeness (QED) is 0.844. The normalized spacial score (nSPS) is 18.2. The van der Waals surface area contributed by atoms with Gasteiger partial charge in [0, 0.05) is 32.1 Å². The van der Waals surface area contributed by atoms with Crippen molar-refractivity contribution < 1.29 is 23.4 Å². The second-order valence-electron chi connectivity index (χ2n) is 6.72. The molecular formula is C20H21FN2O4. The molecular weight excluding hydrogens is 351 g/mol. The lowest BCUT2D eigenvalue weighted by molar-refractivity contribution is -0.128. The van der Waals surface area contributed by atoms with E-state index in [0.717, 1.165) is 11.1 Å². The minimum atomic E-state index is -0.287. The lowest BCUT2D eigenvalue weighted by atomic mass is 10.1. The minimum Gasteiger partial charge on any atom is -0.493 e. The van der Waals surface area contributed by atoms with Crippen molar-refractivity contribution in [3.05, 3.63) is 53.3 Å². The van der Waals surface area contributed by atoms with Crippen LogP contribution in [0.1, 0.15) is 17.5 Å². The molecule has 2 aliphatic rings. The first-order chi connectivity index (χ1) is 13.1. The van der Waals surface area contributed by atoms with E-state index in [1.165, 1.54) is 12.1 Å². The van der Waals surface area contributed by atoms with Crippen molar-refractivity contribution in [3.8, 4) is 17.2 Å². The Kier molecular flexibility index (Phi) is 4.85. The van der Waals surface area contributed by atoms with Gasteiger partial charge in [-0.15, -0.1) is 0 Å². The number of methoxy groups -OCH3 is 1. The topological polar surface area (TPSA) is 60.0 Å². The molecule has 0 bridgehead atoms. The summed E-state index contributed by atoms with van der Waals surface area (Å²) in [5, 5.41) is 3.41. The lowest BCUT2D eigenvalue weighted by Gasteiger charge is -2.17. The first-order valence-electron chi connectivity index (χ1n) is 8.84. The van der Waals surface area contributed by atoms with Crippen LogP contribution in [0.25, 0.3) is 0 Å². The van der Waals surface area contributed by atoms with Gasteiger partial charge in [0.2, 0.25) is 18.4 Å². The molecule has 2 aromatic carbocycles. The number of benzene rings is 2. The van der Waals surface area contributed by atoms with E-state index in [0.29, 0.717) is 43.3 Å². The average molecular weight is 372 g/mol. The molecule has 2 heterocycles. The first kappa shape index (κ1) is 17.6. The van der Waals surface area contributed by atoms with E-state index in [1.807, 2.05) is 18.2 Å². The fourth-order valence-electron chi connectivity index (χ4n) is 3.47. The standard InChI is InChI=1S/C20H21FN2O4/c1-25-17-6-14(7-18-20(17)27-12-26-18)9-22-16-8-19(24)23(11-16)10-13-3-2-4-15(21)5-13/h2-7,16,22H,8-12H2,1H3/t16-/m0/s1. The zero-order chi connectivity index (χ0) is 18.8. The van der Waals surface area contributed by atoms with Gasteiger partial charge in [0.05, 0.1) is 7.11 Å². The van der Waals surface area contributed by atoms with Crippen molar-refractivity contribution in [1.82, 2.24) is 10.2 Å². The summed E-state index contributed by atoms with van der Waals surface area (Å²) in [6.45, 7) is 1.79. The molecule has 0 saturated carbocycles. The number of ether oxygens (including phenoxy) is 3. The number of hydrogen-bond acceptors (Lipinski definition) is 5. The Labute approximate surface area is 156 Å². The van der Waals surface area contributed by atoms with E-state index >= 15 is 0 Å². The molecule has 0 unspecified atom stereocenters. The van der Waals surface area contributed by atoms with Crippen LogP contribution in [0, 0.1) is 5.82 Å². The first-order valence-corrected chi connectivity index (χ1v) is 8.84. The Morgan fingerprint density at radius 2 is 2.15 bits per heavy atom. The van der Waals surface area contributed by atoms with Crippen LogP contribution in [0.2, 0.25) is 0 Å². The molecule has 0 aliphatic carbocycles. The largest absolute Gasteiger partial charge is 0.493 e. The molecule has 2 aliphatic heterocycles. The number of rotatable bonds is 6. The van der Waals surface area contributed by atoms with Crippen molar-refractivity contribution in [3.63, 3.8) is 0 Å². The van der Waals surface area contributed by atoms with Crippen LogP contribution >= 0.6 is 0 Å². The maximum absolute atomic E-state index is 13.3. The molecule has 1 amide bonds. The molecule has 1 fully saturated rings. The van der Waals surface area contributed by atoms with Crippen molar-refractivity contribution in [2.24, 2.45) is 0 Å². The highest BCUT2D eigenvalue weighted by Crippen LogP contribution is 2.41. The van der Waals surface area contributed by atoms with Crippen LogP contribution in [0.4, 0.5) is 4.39 Å². The van der Waals surface area contributed by atoms with Gasteiger partial charge in [0.25, 0.3) is 0 Å². The van der Waals surface area contributed by atoms with Crippen molar-refractivity contribution in [1.29, 1.82) is 0 Å². The van der Waals surface area contributed by atoms with E-state index in [1.54, 1.807) is 18.1 Å². The number of fused-ring (bicyclic) bond motifs is 1. The summed E-state index contributed by atoms with van der Waals surface area (Å²) in [4.78, 5) is 14.0. The molecule has 27 heavy (non-hydrogen) atoms. The van der Waals surface area contributed by atoms with Crippen molar-refractivity contribution in [2.45, 2.75) is 25.6 Å². The minimum absolute atomic E-state index is 0.0440. The summed E-state index contributed by atoms with van der Waals surface area (Å²) < 4.78 is 29.5. The molecule has 1 N–H and O–H groups in total. The number of nitrogens with one attached hydrogen (secondary N) is 1. The van der Waals surface area contributed by atoms with Gasteiger partial charge in [-0.05, 0) is 35.4 Å². The number of likely N-dealkylation sites (tertiary alicyclic amines) is 1. The van der Waals surface area contributed by atoms with Crippen molar-refractivity contribution >= 4 is 5.91 Å². The van der Waals surface area contributed by atoms with Gasteiger partial charge in [-0.1, -0.05) is 12.1 Å². The smallest absolute Gasteiger partial charge is 0.231 e. The van der Waals surface area contributed by atoms with Crippen molar-refractivity contribution in [2.75, 3.05) is 20.4 Å². The highest BCUT2D eigenvalue weighted by molar-refractivity contribution is 5.79. The Morgan fingerprint density at radius 1 is 1.26 bits per heavy atom. The lowest BCUT2D eigenvalue weighted by Crippen LogP contribution is -2.32. The van der Waals surface area contributed by atoms with Gasteiger partial charge in [-0.3, -0.25) is 4.79 Å². The monoisotopic (exact) mass is 372 g/mol. The molecule has 4 rings (SSSR count). The molecule has 7 heteroatoms. The van der Waals surface area contributed by atoms with E-state index < -0.39 is 0 Å². The van der Waals surface area contributed by atoms with Crippen LogP contribution in [-0.2, 0) is 17.9 Å². The highest BCUT2D eigenvalue weighted by Gasteiger charge is 2.29. The number of nitrogens with zero attached hydrogens (tertiary/aromatic N) is 1. The number of carbonyl (C=O) groups excluding carboxylic acids is 1. The van der Waals surface area contributed by atoms with Crippen LogP contribution < -0.4 is 19.5 Å². The summed E-state index contributed by atoms with van der Waals surface area (Å²) in [6.07, 6.45) is 0.428. The number of carbonyl (C=O) groups is 1. The predicted molar refractivity (Wildman–Crippen MR) is 96.2 cm³/mol. The number of halogens is 1. The fraction of sp³-hybridized carbons (Fsp3) is 0.350. The third-order valence-corrected chi connectivity index (χ3v) is 4.79. The molecule has 1 saturated heterocycles. The summed E-state index contributed by atoms with van der Waals surface area (Å²) >= 11 is 0. The molecule has 6 nitrogen and oxygen atoms in total. The number of hydrogen-bond donors (Lipinski definition) is 1. The third-order valence-electron chi connectivity index (χ3n) is 4.79. The van der Waals surface area contributed by atoms with Gasteiger partial charge in [-0.25, -0.2) is 4.39 Å². The zero-order valence-electron chi connectivity index (χ0n) is 15.0. The summed E-state index contributed by atoms with van der Waals surface area (Å²) in [6, 6.07) is 10.2. The van der Waals surface area contributed by atoms with E-state index in [2.05, 4.69) is 5.32 Å². The van der Waals surface area contributed by atoms with Crippen LogP contribution in [0.5, 0.6) is 17.2 Å². The van der Waals surface area contributed by atoms with E-state index in [9.17, 15) is 9.18 Å². The average Bonchev–Trinajstić information content (AvgIpc) is 3.26. The van der Waals surface area contributed by atoms with E-state index in [-0.39, 0.29) is 24.6 Å². The van der Waals surface area contributed by atoms with Gasteiger partial charge < -0.3 is 24.4 Å². The Balaban J connectivity index is 1.36. The Morgan fingerprint density at radius 3 is 2.96 bits per heavy atom. The second kappa shape index (κ2) is 7.44. The summed E-state index contributed by atoms with van der Waals surface area (Å²) in [5.74, 6) is 1.71. The zero-order valence-corrected chi connectivity index (χ0v) is 15.0. The molecule has 0 spiro atoms. The fourth-order valence-corrected chi connectivity index (χ4v) is 3.47. The molecule has 1 atom stereocenters. The van der Waals surface area contributed by atoms with Gasteiger partial charge >= 0.3 is 0 Å². The molecule has 0 radical (unpaired) electrons. The third kappa shape index (κ3) is 3.83. The highest BCUT2D eigenvalue weighted by atomic mass is 19.1. The summed E-state index contributed by atoms with van der Waals surface area (Å²) in [5.41, 5.74) is 1.79. The summed E-state index contributed by atoms with van der Waals surface area (Å²) in [7, 11) is 1.59. The van der Waals surface area contributed by atoms with Gasteiger partial charge in [-0.2, -0.15) is 0 Å². The number of amides is 1. The molecule has 142 valence electrons. The van der Waals surface area contributed by atoms with Gasteiger partial charge in [0.1, 0.15) is 5.82 Å². The molecule has 2 aromatic rings. The second-order valence-corrected chi connectivity index (χ2v) is 6.72. The van der Waals surface area contributed by atoms with Gasteiger partial charge in [0.15, 0.2) is 11.5 Å². The maximum Gasteiger partial charge on any atom is 0.231 e. The van der Waals surface area contributed by atoms with Crippen LogP contribution in [-0.4, -0.2) is 37.3 Å². The van der Waals surface area contributed by atoms with E-state index in [4.69, 9.17) is 14.2 Å². The Bertz CT molecular complexity index is 858. The predicted octanol–water partition coefficient (Wildman–Crippen LogP) is 2.45.